The summed E-state index contributed by atoms with van der Waals surface area (Å²) in [5.74, 6) is -0.520. The zero-order valence-electron chi connectivity index (χ0n) is 7.58. The number of halogens is 3. The van der Waals surface area contributed by atoms with Gasteiger partial charge in [0.1, 0.15) is 5.75 Å². The maximum Gasteiger partial charge on any atom is 0.416 e. The fourth-order valence-electron chi connectivity index (χ4n) is 1.28. The smallest absolute Gasteiger partial charge is 0.416 e. The van der Waals surface area contributed by atoms with Gasteiger partial charge in [0.15, 0.2) is 5.52 Å². The van der Waals surface area contributed by atoms with E-state index in [0.29, 0.717) is 6.07 Å². The first-order chi connectivity index (χ1) is 6.89. The summed E-state index contributed by atoms with van der Waals surface area (Å²) in [6.45, 7) is 0. The minimum Gasteiger partial charge on any atom is -0.506 e. The van der Waals surface area contributed by atoms with Crippen LogP contribution >= 0.6 is 0 Å². The highest BCUT2D eigenvalue weighted by Gasteiger charge is 2.32. The van der Waals surface area contributed by atoms with Gasteiger partial charge in [-0.2, -0.15) is 13.2 Å². The Labute approximate surface area is 81.9 Å². The van der Waals surface area contributed by atoms with E-state index in [1.807, 2.05) is 0 Å². The highest BCUT2D eigenvalue weighted by molar-refractivity contribution is 5.81. The van der Waals surface area contributed by atoms with Crippen LogP contribution in [0.3, 0.4) is 0 Å². The molecule has 1 aromatic heterocycles. The van der Waals surface area contributed by atoms with E-state index in [1.54, 1.807) is 0 Å². The summed E-state index contributed by atoms with van der Waals surface area (Å²) >= 11 is 0. The molecule has 1 aromatic carbocycles. The van der Waals surface area contributed by atoms with Gasteiger partial charge in [0.25, 0.3) is 0 Å². The molecule has 80 valence electrons. The van der Waals surface area contributed by atoms with Crippen molar-refractivity contribution in [3.63, 3.8) is 0 Å². The van der Waals surface area contributed by atoms with Gasteiger partial charge < -0.3 is 5.11 Å². The Morgan fingerprint density at radius 1 is 1.33 bits per heavy atom. The van der Waals surface area contributed by atoms with Crippen LogP contribution in [0.25, 0.3) is 11.0 Å². The lowest BCUT2D eigenvalue weighted by molar-refractivity contribution is -0.137. The second-order valence-corrected chi connectivity index (χ2v) is 3.07. The second-order valence-electron chi connectivity index (χ2n) is 3.07. The van der Waals surface area contributed by atoms with E-state index < -0.39 is 17.5 Å². The van der Waals surface area contributed by atoms with Crippen molar-refractivity contribution in [2.24, 2.45) is 7.05 Å². The number of nitrogens with zero attached hydrogens (tertiary/aromatic N) is 3. The monoisotopic (exact) mass is 217 g/mol. The fourth-order valence-corrected chi connectivity index (χ4v) is 1.28. The van der Waals surface area contributed by atoms with Crippen LogP contribution in [0.5, 0.6) is 5.75 Å². The van der Waals surface area contributed by atoms with Crippen molar-refractivity contribution in [3.05, 3.63) is 17.7 Å². The number of hydrogen-bond acceptors (Lipinski definition) is 3. The van der Waals surface area contributed by atoms with E-state index in [9.17, 15) is 18.3 Å². The molecule has 7 heteroatoms. The average molecular weight is 217 g/mol. The van der Waals surface area contributed by atoms with E-state index in [0.717, 1.165) is 6.07 Å². The molecule has 0 saturated heterocycles. The minimum absolute atomic E-state index is 0.0606. The maximum absolute atomic E-state index is 12.4. The van der Waals surface area contributed by atoms with E-state index in [4.69, 9.17) is 0 Å². The number of aromatic hydroxyl groups is 1. The van der Waals surface area contributed by atoms with Gasteiger partial charge in [0.2, 0.25) is 0 Å². The number of fused-ring (bicyclic) bond motifs is 1. The number of phenolic OH excluding ortho intramolecular Hbond substituents is 1. The number of aromatic nitrogens is 3. The number of rotatable bonds is 0. The van der Waals surface area contributed by atoms with Crippen LogP contribution in [0.4, 0.5) is 13.2 Å². The maximum atomic E-state index is 12.4. The van der Waals surface area contributed by atoms with Gasteiger partial charge in [-0.05, 0) is 12.1 Å². The third kappa shape index (κ3) is 1.49. The molecule has 1 heterocycles. The van der Waals surface area contributed by atoms with Gasteiger partial charge >= 0.3 is 6.18 Å². The zero-order chi connectivity index (χ0) is 11.2. The van der Waals surface area contributed by atoms with E-state index in [-0.39, 0.29) is 11.0 Å². The largest absolute Gasteiger partial charge is 0.506 e. The van der Waals surface area contributed by atoms with Crippen molar-refractivity contribution in [1.82, 2.24) is 15.0 Å². The standard InChI is InChI=1S/C8H6F3N3O/c1-14-5-2-4(8(9,10)11)3-6(15)7(5)12-13-14/h2-3,15H,1H3. The van der Waals surface area contributed by atoms with Crippen LogP contribution in [0.1, 0.15) is 5.56 Å². The van der Waals surface area contributed by atoms with E-state index >= 15 is 0 Å². The number of benzene rings is 1. The van der Waals surface area contributed by atoms with Gasteiger partial charge in [-0.25, -0.2) is 4.68 Å². The average Bonchev–Trinajstić information content (AvgIpc) is 2.47. The molecule has 0 radical (unpaired) electrons. The quantitative estimate of drug-likeness (QED) is 0.730. The van der Waals surface area contributed by atoms with Crippen LogP contribution < -0.4 is 0 Å². The third-order valence-electron chi connectivity index (χ3n) is 2.02. The Kier molecular flexibility index (Phi) is 1.85. The molecule has 4 nitrogen and oxygen atoms in total. The van der Waals surface area contributed by atoms with Crippen molar-refractivity contribution < 1.29 is 18.3 Å². The predicted molar refractivity (Wildman–Crippen MR) is 45.2 cm³/mol. The summed E-state index contributed by atoms with van der Waals surface area (Å²) in [5, 5.41) is 16.4. The Hall–Kier alpha value is -1.79. The summed E-state index contributed by atoms with van der Waals surface area (Å²) in [6, 6.07) is 1.53. The SMILES string of the molecule is Cn1nnc2c(O)cc(C(F)(F)F)cc21. The van der Waals surface area contributed by atoms with Crippen molar-refractivity contribution in [1.29, 1.82) is 0 Å². The molecule has 0 aliphatic rings. The molecule has 2 aromatic rings. The topological polar surface area (TPSA) is 50.9 Å². The Morgan fingerprint density at radius 3 is 2.60 bits per heavy atom. The molecule has 2 rings (SSSR count). The molecular formula is C8H6F3N3O. The van der Waals surface area contributed by atoms with Gasteiger partial charge in [-0.15, -0.1) is 5.10 Å². The summed E-state index contributed by atoms with van der Waals surface area (Å²) in [7, 11) is 1.45. The van der Waals surface area contributed by atoms with Crippen molar-refractivity contribution >= 4 is 11.0 Å². The molecule has 1 N–H and O–H groups in total. The molecule has 0 aliphatic heterocycles. The molecule has 0 saturated carbocycles. The minimum atomic E-state index is -4.49. The first-order valence-electron chi connectivity index (χ1n) is 3.99. The molecule has 0 unspecified atom stereocenters. The molecule has 15 heavy (non-hydrogen) atoms. The van der Waals surface area contributed by atoms with Gasteiger partial charge in [-0.3, -0.25) is 0 Å². The third-order valence-corrected chi connectivity index (χ3v) is 2.02. The summed E-state index contributed by atoms with van der Waals surface area (Å²) in [4.78, 5) is 0. The van der Waals surface area contributed by atoms with Crippen LogP contribution in [0, 0.1) is 0 Å². The lowest BCUT2D eigenvalue weighted by Crippen LogP contribution is -2.05. The molecule has 0 atom stereocenters. The first-order valence-corrected chi connectivity index (χ1v) is 3.99. The van der Waals surface area contributed by atoms with Gasteiger partial charge in [0.05, 0.1) is 11.1 Å². The van der Waals surface area contributed by atoms with Crippen LogP contribution in [-0.4, -0.2) is 20.1 Å². The summed E-state index contributed by atoms with van der Waals surface area (Å²) < 4.78 is 38.3. The van der Waals surface area contributed by atoms with Gasteiger partial charge in [0, 0.05) is 7.05 Å². The Bertz CT molecular complexity index is 518. The zero-order valence-corrected chi connectivity index (χ0v) is 7.58. The normalized spacial score (nSPS) is 12.3. The van der Waals surface area contributed by atoms with Gasteiger partial charge in [-0.1, -0.05) is 5.21 Å². The Morgan fingerprint density at radius 2 is 2.00 bits per heavy atom. The van der Waals surface area contributed by atoms with Crippen molar-refractivity contribution in [2.45, 2.75) is 6.18 Å². The molecule has 0 bridgehead atoms. The van der Waals surface area contributed by atoms with E-state index in [2.05, 4.69) is 10.3 Å². The number of phenols is 1. The lowest BCUT2D eigenvalue weighted by Gasteiger charge is -2.07. The van der Waals surface area contributed by atoms with Crippen LogP contribution in [0.15, 0.2) is 12.1 Å². The lowest BCUT2D eigenvalue weighted by atomic mass is 10.2. The highest BCUT2D eigenvalue weighted by atomic mass is 19.4. The summed E-state index contributed by atoms with van der Waals surface area (Å²) in [5.41, 5.74) is -0.717. The number of aryl methyl sites for hydroxylation is 1. The molecular weight excluding hydrogens is 211 g/mol. The summed E-state index contributed by atoms with van der Waals surface area (Å²) in [6.07, 6.45) is -4.49. The van der Waals surface area contributed by atoms with Crippen LogP contribution in [0.2, 0.25) is 0 Å². The first kappa shape index (κ1) is 9.75. The molecule has 0 aliphatic carbocycles. The fraction of sp³-hybridized carbons (Fsp3) is 0.250. The Balaban J connectivity index is 2.76. The number of hydrogen-bond donors (Lipinski definition) is 1. The second kappa shape index (κ2) is 2.85. The molecule has 0 amide bonds. The molecule has 0 fully saturated rings. The van der Waals surface area contributed by atoms with Crippen molar-refractivity contribution in [3.8, 4) is 5.75 Å². The number of alkyl halides is 3. The molecule has 0 spiro atoms. The van der Waals surface area contributed by atoms with Crippen LogP contribution in [-0.2, 0) is 13.2 Å². The van der Waals surface area contributed by atoms with E-state index in [1.165, 1.54) is 11.7 Å². The van der Waals surface area contributed by atoms with Crippen molar-refractivity contribution in [2.75, 3.05) is 0 Å². The highest BCUT2D eigenvalue weighted by Crippen LogP contribution is 2.34. The predicted octanol–water partition coefficient (Wildman–Crippen LogP) is 1.69.